The van der Waals surface area contributed by atoms with Gasteiger partial charge in [0.1, 0.15) is 0 Å². The molecule has 0 nitrogen and oxygen atoms in total. The lowest BCUT2D eigenvalue weighted by Crippen LogP contribution is -1.93. The third kappa shape index (κ3) is 4.28. The van der Waals surface area contributed by atoms with Crippen molar-refractivity contribution in [3.8, 4) is 43.1 Å². The van der Waals surface area contributed by atoms with E-state index in [0.717, 1.165) is 0 Å². The van der Waals surface area contributed by atoms with Gasteiger partial charge in [0.05, 0.1) is 0 Å². The zero-order valence-corrected chi connectivity index (χ0v) is 25.4. The average molecular weight is 589 g/mol. The second-order valence-corrected chi connectivity index (χ2v) is 12.7. The predicted octanol–water partition coefficient (Wildman–Crippen LogP) is 13.0. The van der Waals surface area contributed by atoms with Crippen molar-refractivity contribution in [2.75, 3.05) is 0 Å². The topological polar surface area (TPSA) is 0 Å². The van der Waals surface area contributed by atoms with Gasteiger partial charge in [-0.3, -0.25) is 0 Å². The minimum absolute atomic E-state index is 1.25. The summed E-state index contributed by atoms with van der Waals surface area (Å²) in [4.78, 5) is 2.56. The molecule has 8 aromatic carbocycles. The molecule has 1 heteroatoms. The first-order valence-electron chi connectivity index (χ1n) is 15.4. The van der Waals surface area contributed by atoms with Crippen LogP contribution in [0.2, 0.25) is 0 Å². The SMILES string of the molecule is c1ccc(-c2ccc(-c3ccc4c(-c5cccc6ccccc56)c5ccccc5c(-c5cccc6ccccc56)c4c3)s2)cc1. The highest BCUT2D eigenvalue weighted by molar-refractivity contribution is 7.18. The van der Waals surface area contributed by atoms with Gasteiger partial charge >= 0.3 is 0 Å². The van der Waals surface area contributed by atoms with Crippen LogP contribution in [0.1, 0.15) is 0 Å². The van der Waals surface area contributed by atoms with E-state index >= 15 is 0 Å². The molecule has 0 aliphatic heterocycles. The zero-order chi connectivity index (χ0) is 29.7. The maximum Gasteiger partial charge on any atom is 0.0349 e. The van der Waals surface area contributed by atoms with Crippen LogP contribution < -0.4 is 0 Å². The van der Waals surface area contributed by atoms with E-state index in [1.165, 1.54) is 86.2 Å². The summed E-state index contributed by atoms with van der Waals surface area (Å²) in [6.45, 7) is 0. The van der Waals surface area contributed by atoms with Gasteiger partial charge in [0.25, 0.3) is 0 Å². The van der Waals surface area contributed by atoms with Crippen LogP contribution in [-0.2, 0) is 0 Å². The Morgan fingerprint density at radius 3 is 1.38 bits per heavy atom. The van der Waals surface area contributed by atoms with Gasteiger partial charge in [-0.2, -0.15) is 0 Å². The number of hydrogen-bond donors (Lipinski definition) is 0. The first-order chi connectivity index (χ1) is 22.3. The molecule has 0 fully saturated rings. The summed E-state index contributed by atoms with van der Waals surface area (Å²) in [5.41, 5.74) is 7.64. The molecule has 0 aliphatic carbocycles. The number of rotatable bonds is 4. The molecule has 1 aromatic heterocycles. The van der Waals surface area contributed by atoms with Crippen molar-refractivity contribution in [1.82, 2.24) is 0 Å². The number of benzene rings is 8. The summed E-state index contributed by atoms with van der Waals surface area (Å²) in [5.74, 6) is 0. The lowest BCUT2D eigenvalue weighted by atomic mass is 9.83. The molecule has 210 valence electrons. The second kappa shape index (κ2) is 10.6. The van der Waals surface area contributed by atoms with Crippen LogP contribution in [0.4, 0.5) is 0 Å². The maximum absolute atomic E-state index is 2.44. The Kier molecular flexibility index (Phi) is 6.11. The fraction of sp³-hybridized carbons (Fsp3) is 0. The van der Waals surface area contributed by atoms with Gasteiger partial charge in [0, 0.05) is 9.75 Å². The number of thiophene rings is 1. The van der Waals surface area contributed by atoms with Crippen molar-refractivity contribution in [2.45, 2.75) is 0 Å². The second-order valence-electron chi connectivity index (χ2n) is 11.6. The van der Waals surface area contributed by atoms with Crippen LogP contribution >= 0.6 is 11.3 Å². The Morgan fingerprint density at radius 2 is 0.756 bits per heavy atom. The Balaban J connectivity index is 1.40. The largest absolute Gasteiger partial charge is 0.135 e. The molecule has 0 N–H and O–H groups in total. The molecule has 0 spiro atoms. The lowest BCUT2D eigenvalue weighted by Gasteiger charge is -2.20. The van der Waals surface area contributed by atoms with Crippen molar-refractivity contribution in [3.05, 3.63) is 170 Å². The molecule has 0 atom stereocenters. The molecule has 0 amide bonds. The summed E-state index contributed by atoms with van der Waals surface area (Å²) < 4.78 is 0. The normalized spacial score (nSPS) is 11.6. The van der Waals surface area contributed by atoms with Gasteiger partial charge in [-0.15, -0.1) is 11.3 Å². The van der Waals surface area contributed by atoms with Crippen LogP contribution in [0.25, 0.3) is 86.2 Å². The molecule has 9 aromatic rings. The monoisotopic (exact) mass is 588 g/mol. The third-order valence-corrected chi connectivity index (χ3v) is 10.3. The van der Waals surface area contributed by atoms with Gasteiger partial charge in [0.15, 0.2) is 0 Å². The van der Waals surface area contributed by atoms with Gasteiger partial charge in [0.2, 0.25) is 0 Å². The minimum atomic E-state index is 1.25. The summed E-state index contributed by atoms with van der Waals surface area (Å²) in [7, 11) is 0. The van der Waals surface area contributed by atoms with Crippen molar-refractivity contribution >= 4 is 54.4 Å². The van der Waals surface area contributed by atoms with Gasteiger partial charge in [-0.05, 0) is 94.7 Å². The summed E-state index contributed by atoms with van der Waals surface area (Å²) in [5, 5.41) is 10.2. The number of hydrogen-bond acceptors (Lipinski definition) is 1. The molecule has 0 bridgehead atoms. The Labute approximate surface area is 266 Å². The van der Waals surface area contributed by atoms with Crippen molar-refractivity contribution < 1.29 is 0 Å². The highest BCUT2D eigenvalue weighted by atomic mass is 32.1. The fourth-order valence-corrected chi connectivity index (χ4v) is 8.06. The third-order valence-electron chi connectivity index (χ3n) is 9.09. The van der Waals surface area contributed by atoms with E-state index < -0.39 is 0 Å². The van der Waals surface area contributed by atoms with E-state index in [1.54, 1.807) is 0 Å². The standard InChI is InChI=1S/C44H28S/c1-2-14-31(15-3-1)41-26-27-42(45-41)32-24-25-39-40(28-32)44(36-23-11-17-30-13-5-7-19-34(30)36)38-21-9-8-20-37(38)43(39)35-22-10-16-29-12-4-6-18-33(29)35/h1-28H. The molecule has 9 rings (SSSR count). The minimum Gasteiger partial charge on any atom is -0.135 e. The summed E-state index contributed by atoms with van der Waals surface area (Å²) in [6, 6.07) is 62.3. The van der Waals surface area contributed by atoms with Crippen LogP contribution in [0, 0.1) is 0 Å². The Hall–Kier alpha value is -5.50. The van der Waals surface area contributed by atoms with Gasteiger partial charge in [-0.25, -0.2) is 0 Å². The zero-order valence-electron chi connectivity index (χ0n) is 24.6. The van der Waals surface area contributed by atoms with Gasteiger partial charge in [-0.1, -0.05) is 152 Å². The highest BCUT2D eigenvalue weighted by Crippen LogP contribution is 2.48. The lowest BCUT2D eigenvalue weighted by molar-refractivity contribution is 1.68. The molecule has 0 saturated carbocycles. The van der Waals surface area contributed by atoms with Crippen molar-refractivity contribution in [3.63, 3.8) is 0 Å². The van der Waals surface area contributed by atoms with Crippen molar-refractivity contribution in [2.24, 2.45) is 0 Å². The molecular formula is C44H28S. The van der Waals surface area contributed by atoms with Crippen LogP contribution in [0.5, 0.6) is 0 Å². The van der Waals surface area contributed by atoms with E-state index in [0.29, 0.717) is 0 Å². The number of fused-ring (bicyclic) bond motifs is 4. The highest BCUT2D eigenvalue weighted by Gasteiger charge is 2.20. The van der Waals surface area contributed by atoms with Gasteiger partial charge < -0.3 is 0 Å². The fourth-order valence-electron chi connectivity index (χ4n) is 7.05. The Morgan fingerprint density at radius 1 is 0.289 bits per heavy atom. The quantitative estimate of drug-likeness (QED) is 0.179. The average Bonchev–Trinajstić information content (AvgIpc) is 3.61. The smallest absolute Gasteiger partial charge is 0.0349 e. The predicted molar refractivity (Wildman–Crippen MR) is 196 cm³/mol. The van der Waals surface area contributed by atoms with Crippen molar-refractivity contribution in [1.29, 1.82) is 0 Å². The first kappa shape index (κ1) is 25.9. The van der Waals surface area contributed by atoms with E-state index in [2.05, 4.69) is 170 Å². The summed E-state index contributed by atoms with van der Waals surface area (Å²) >= 11 is 1.86. The van der Waals surface area contributed by atoms with Crippen LogP contribution in [-0.4, -0.2) is 0 Å². The molecular weight excluding hydrogens is 561 g/mol. The van der Waals surface area contributed by atoms with E-state index in [-0.39, 0.29) is 0 Å². The molecule has 0 unspecified atom stereocenters. The van der Waals surface area contributed by atoms with Crippen LogP contribution in [0.15, 0.2) is 170 Å². The molecule has 0 aliphatic rings. The molecule has 0 saturated heterocycles. The maximum atomic E-state index is 2.44. The van der Waals surface area contributed by atoms with E-state index in [4.69, 9.17) is 0 Å². The van der Waals surface area contributed by atoms with Crippen LogP contribution in [0.3, 0.4) is 0 Å². The summed E-state index contributed by atoms with van der Waals surface area (Å²) in [6.07, 6.45) is 0. The van der Waals surface area contributed by atoms with E-state index in [9.17, 15) is 0 Å². The van der Waals surface area contributed by atoms with E-state index in [1.807, 2.05) is 11.3 Å². The molecule has 1 heterocycles. The Bertz CT molecular complexity index is 2520. The first-order valence-corrected chi connectivity index (χ1v) is 16.3. The molecule has 0 radical (unpaired) electrons. The molecule has 45 heavy (non-hydrogen) atoms.